The normalized spacial score (nSPS) is 11.6. The van der Waals surface area contributed by atoms with Gasteiger partial charge in [-0.25, -0.2) is 0 Å². The summed E-state index contributed by atoms with van der Waals surface area (Å²) in [6.07, 6.45) is 0. The fourth-order valence-electron chi connectivity index (χ4n) is 2.82. The minimum absolute atomic E-state index is 0.0599. The number of benzene rings is 2. The van der Waals surface area contributed by atoms with Gasteiger partial charge in [-0.1, -0.05) is 36.4 Å². The first-order valence-corrected chi connectivity index (χ1v) is 8.91. The Morgan fingerprint density at radius 1 is 0.963 bits per heavy atom. The van der Waals surface area contributed by atoms with Gasteiger partial charge in [0.2, 0.25) is 11.8 Å². The molecule has 27 heavy (non-hydrogen) atoms. The fourth-order valence-corrected chi connectivity index (χ4v) is 2.82. The van der Waals surface area contributed by atoms with E-state index in [-0.39, 0.29) is 30.9 Å². The molecule has 0 bridgehead atoms. The average Bonchev–Trinajstić information content (AvgIpc) is 2.67. The Morgan fingerprint density at radius 2 is 1.63 bits per heavy atom. The van der Waals surface area contributed by atoms with E-state index in [1.807, 2.05) is 63.2 Å². The summed E-state index contributed by atoms with van der Waals surface area (Å²) in [5, 5.41) is 8.62. The zero-order valence-electron chi connectivity index (χ0n) is 16.3. The molecule has 0 unspecified atom stereocenters. The number of nitrogens with one attached hydrogen (secondary N) is 3. The van der Waals surface area contributed by atoms with Crippen LogP contribution in [0.25, 0.3) is 0 Å². The highest BCUT2D eigenvalue weighted by Gasteiger charge is 2.13. The van der Waals surface area contributed by atoms with E-state index in [1.165, 1.54) is 0 Å². The quantitative estimate of drug-likeness (QED) is 0.668. The summed E-state index contributed by atoms with van der Waals surface area (Å²) >= 11 is 0. The molecule has 0 aromatic heterocycles. The number of amides is 2. The summed E-state index contributed by atoms with van der Waals surface area (Å²) in [5.41, 5.74) is 3.74. The summed E-state index contributed by atoms with van der Waals surface area (Å²) in [6, 6.07) is 13.4. The standard InChI is InChI=1S/C21H27N3O3/c1-14-8-7-9-15(2)21(14)24-20(26)13-23-19(25)12-22-16(3)17-10-5-6-11-18(17)27-4/h5-11,16,22H,12-13H2,1-4H3,(H,23,25)(H,24,26)/t16-/m1/s1. The molecule has 0 aliphatic carbocycles. The Bertz CT molecular complexity index is 785. The van der Waals surface area contributed by atoms with Crippen LogP contribution in [-0.2, 0) is 9.59 Å². The van der Waals surface area contributed by atoms with Crippen LogP contribution < -0.4 is 20.7 Å². The van der Waals surface area contributed by atoms with Crippen molar-refractivity contribution in [3.8, 4) is 5.75 Å². The molecule has 2 aromatic carbocycles. The molecule has 6 nitrogen and oxygen atoms in total. The van der Waals surface area contributed by atoms with E-state index < -0.39 is 0 Å². The van der Waals surface area contributed by atoms with Gasteiger partial charge >= 0.3 is 0 Å². The summed E-state index contributed by atoms with van der Waals surface area (Å²) < 4.78 is 5.33. The third-order valence-corrected chi connectivity index (χ3v) is 4.37. The topological polar surface area (TPSA) is 79.5 Å². The van der Waals surface area contributed by atoms with Crippen molar-refractivity contribution in [1.82, 2.24) is 10.6 Å². The lowest BCUT2D eigenvalue weighted by Crippen LogP contribution is -2.39. The molecule has 2 rings (SSSR count). The predicted molar refractivity (Wildman–Crippen MR) is 107 cm³/mol. The second-order valence-corrected chi connectivity index (χ2v) is 6.44. The van der Waals surface area contributed by atoms with Crippen molar-refractivity contribution in [2.75, 3.05) is 25.5 Å². The lowest BCUT2D eigenvalue weighted by Gasteiger charge is -2.17. The number of aryl methyl sites for hydroxylation is 2. The molecule has 0 radical (unpaired) electrons. The van der Waals surface area contributed by atoms with Crippen molar-refractivity contribution in [3.63, 3.8) is 0 Å². The molecular formula is C21H27N3O3. The van der Waals surface area contributed by atoms with Crippen molar-refractivity contribution in [2.45, 2.75) is 26.8 Å². The number of methoxy groups -OCH3 is 1. The smallest absolute Gasteiger partial charge is 0.243 e. The van der Waals surface area contributed by atoms with Gasteiger partial charge in [0.1, 0.15) is 5.75 Å². The summed E-state index contributed by atoms with van der Waals surface area (Å²) in [5.74, 6) is 0.276. The third-order valence-electron chi connectivity index (χ3n) is 4.37. The molecule has 0 aliphatic rings. The van der Waals surface area contributed by atoms with Crippen molar-refractivity contribution < 1.29 is 14.3 Å². The second-order valence-electron chi connectivity index (χ2n) is 6.44. The first-order valence-electron chi connectivity index (χ1n) is 8.91. The zero-order chi connectivity index (χ0) is 19.8. The Balaban J connectivity index is 1.80. The largest absolute Gasteiger partial charge is 0.496 e. The average molecular weight is 369 g/mol. The third kappa shape index (κ3) is 5.82. The molecule has 6 heteroatoms. The minimum atomic E-state index is -0.251. The van der Waals surface area contributed by atoms with Crippen LogP contribution in [0.1, 0.15) is 29.7 Å². The number of rotatable bonds is 8. The number of anilines is 1. The van der Waals surface area contributed by atoms with Crippen LogP contribution >= 0.6 is 0 Å². The van der Waals surface area contributed by atoms with Crippen LogP contribution in [0.15, 0.2) is 42.5 Å². The first-order chi connectivity index (χ1) is 12.9. The highest BCUT2D eigenvalue weighted by Crippen LogP contribution is 2.24. The van der Waals surface area contributed by atoms with Crippen LogP contribution in [0, 0.1) is 13.8 Å². The molecule has 0 heterocycles. The van der Waals surface area contributed by atoms with E-state index >= 15 is 0 Å². The van der Waals surface area contributed by atoms with E-state index in [0.29, 0.717) is 0 Å². The molecule has 0 saturated heterocycles. The van der Waals surface area contributed by atoms with Gasteiger partial charge in [-0.2, -0.15) is 0 Å². The van der Waals surface area contributed by atoms with Gasteiger partial charge in [0.25, 0.3) is 0 Å². The van der Waals surface area contributed by atoms with Crippen molar-refractivity contribution in [3.05, 3.63) is 59.2 Å². The summed E-state index contributed by atoms with van der Waals surface area (Å²) in [7, 11) is 1.62. The van der Waals surface area contributed by atoms with Crippen LogP contribution in [0.2, 0.25) is 0 Å². The summed E-state index contributed by atoms with van der Waals surface area (Å²) in [4.78, 5) is 24.1. The van der Waals surface area contributed by atoms with Gasteiger partial charge < -0.3 is 20.7 Å². The van der Waals surface area contributed by atoms with Gasteiger partial charge in [0.05, 0.1) is 20.2 Å². The van der Waals surface area contributed by atoms with E-state index in [4.69, 9.17) is 4.74 Å². The molecule has 0 spiro atoms. The van der Waals surface area contributed by atoms with Crippen molar-refractivity contribution in [2.24, 2.45) is 0 Å². The van der Waals surface area contributed by atoms with Crippen LogP contribution in [0.3, 0.4) is 0 Å². The van der Waals surface area contributed by atoms with Gasteiger partial charge in [-0.05, 0) is 38.0 Å². The van der Waals surface area contributed by atoms with E-state index in [2.05, 4.69) is 16.0 Å². The number of para-hydroxylation sites is 2. The van der Waals surface area contributed by atoms with Crippen molar-refractivity contribution >= 4 is 17.5 Å². The zero-order valence-corrected chi connectivity index (χ0v) is 16.3. The molecule has 0 saturated carbocycles. The molecule has 2 amide bonds. The van der Waals surface area contributed by atoms with Gasteiger partial charge in [0.15, 0.2) is 0 Å². The Hall–Kier alpha value is -2.86. The molecule has 3 N–H and O–H groups in total. The monoisotopic (exact) mass is 369 g/mol. The van der Waals surface area contributed by atoms with Gasteiger partial charge in [-0.3, -0.25) is 9.59 Å². The predicted octanol–water partition coefficient (Wildman–Crippen LogP) is 2.72. The molecule has 2 aromatic rings. The first kappa shape index (κ1) is 20.5. The number of carbonyl (C=O) groups excluding carboxylic acids is 2. The molecule has 0 fully saturated rings. The van der Waals surface area contributed by atoms with E-state index in [0.717, 1.165) is 28.1 Å². The number of hydrogen-bond donors (Lipinski definition) is 3. The highest BCUT2D eigenvalue weighted by molar-refractivity contribution is 5.95. The van der Waals surface area contributed by atoms with Crippen molar-refractivity contribution in [1.29, 1.82) is 0 Å². The van der Waals surface area contributed by atoms with Gasteiger partial charge in [-0.15, -0.1) is 0 Å². The SMILES string of the molecule is COc1ccccc1[C@@H](C)NCC(=O)NCC(=O)Nc1c(C)cccc1C. The van der Waals surface area contributed by atoms with E-state index in [1.54, 1.807) is 7.11 Å². The Labute approximate surface area is 160 Å². The van der Waals surface area contributed by atoms with Crippen LogP contribution in [0.5, 0.6) is 5.75 Å². The Kier molecular flexibility index (Phi) is 7.37. The second kappa shape index (κ2) is 9.73. The highest BCUT2D eigenvalue weighted by atomic mass is 16.5. The maximum Gasteiger partial charge on any atom is 0.243 e. The molecule has 0 aliphatic heterocycles. The lowest BCUT2D eigenvalue weighted by molar-refractivity contribution is -0.123. The molecular weight excluding hydrogens is 342 g/mol. The number of hydrogen-bond acceptors (Lipinski definition) is 4. The molecule has 144 valence electrons. The maximum atomic E-state index is 12.1. The Morgan fingerprint density at radius 3 is 2.30 bits per heavy atom. The maximum absolute atomic E-state index is 12.1. The number of ether oxygens (including phenoxy) is 1. The minimum Gasteiger partial charge on any atom is -0.496 e. The number of carbonyl (C=O) groups is 2. The molecule has 1 atom stereocenters. The van der Waals surface area contributed by atoms with Crippen LogP contribution in [-0.4, -0.2) is 32.0 Å². The van der Waals surface area contributed by atoms with E-state index in [9.17, 15) is 9.59 Å². The summed E-state index contributed by atoms with van der Waals surface area (Å²) in [6.45, 7) is 5.86. The lowest BCUT2D eigenvalue weighted by atomic mass is 10.1. The van der Waals surface area contributed by atoms with Gasteiger partial charge in [0, 0.05) is 17.3 Å². The fraction of sp³-hybridized carbons (Fsp3) is 0.333. The van der Waals surface area contributed by atoms with Crippen LogP contribution in [0.4, 0.5) is 5.69 Å².